The van der Waals surface area contributed by atoms with Gasteiger partial charge in [-0.15, -0.1) is 0 Å². The summed E-state index contributed by atoms with van der Waals surface area (Å²) in [6.45, 7) is 6.44. The summed E-state index contributed by atoms with van der Waals surface area (Å²) in [6, 6.07) is 21.2. The minimum Gasteiger partial charge on any atom is -0.252 e. The van der Waals surface area contributed by atoms with Crippen molar-refractivity contribution in [3.05, 3.63) is 89.4 Å². The molecule has 0 N–H and O–H groups in total. The molecule has 1 heterocycles. The second-order valence-corrected chi connectivity index (χ2v) is 7.12. The first-order valence-corrected chi connectivity index (χ1v) is 8.24. The van der Waals surface area contributed by atoms with Gasteiger partial charge in [-0.1, -0.05) is 57.2 Å². The molecule has 0 atom stereocenters. The number of rotatable bonds is 3. The van der Waals surface area contributed by atoms with Crippen molar-refractivity contribution in [2.24, 2.45) is 0 Å². The molecular formula is C22H22FN. The van der Waals surface area contributed by atoms with Gasteiger partial charge >= 0.3 is 0 Å². The molecule has 0 saturated heterocycles. The highest BCUT2D eigenvalue weighted by molar-refractivity contribution is 5.64. The maximum Gasteiger partial charge on any atom is 0.123 e. The van der Waals surface area contributed by atoms with Gasteiger partial charge in [-0.05, 0) is 47.9 Å². The SMILES string of the molecule is CC(C)(C)c1cccc(-c2ccc(F)cc2Cc2ccccc2)n1. The molecule has 0 aliphatic heterocycles. The van der Waals surface area contributed by atoms with E-state index in [0.717, 1.165) is 28.1 Å². The average Bonchev–Trinajstić information content (AvgIpc) is 2.55. The molecule has 2 heteroatoms. The molecule has 0 unspecified atom stereocenters. The van der Waals surface area contributed by atoms with E-state index in [-0.39, 0.29) is 11.2 Å². The predicted octanol–water partition coefficient (Wildman–Crippen LogP) is 5.78. The topological polar surface area (TPSA) is 12.9 Å². The summed E-state index contributed by atoms with van der Waals surface area (Å²) in [4.78, 5) is 4.82. The number of hydrogen-bond acceptors (Lipinski definition) is 1. The summed E-state index contributed by atoms with van der Waals surface area (Å²) < 4.78 is 13.8. The molecule has 0 fully saturated rings. The third-order valence-electron chi connectivity index (χ3n) is 4.10. The van der Waals surface area contributed by atoms with Gasteiger partial charge < -0.3 is 0 Å². The standard InChI is InChI=1S/C22H22FN/c1-22(2,3)21-11-7-10-20(24-21)19-13-12-18(23)15-17(19)14-16-8-5-4-6-9-16/h4-13,15H,14H2,1-3H3. The van der Waals surface area contributed by atoms with Crippen molar-refractivity contribution in [3.63, 3.8) is 0 Å². The Morgan fingerprint density at radius 2 is 1.62 bits per heavy atom. The van der Waals surface area contributed by atoms with Crippen molar-refractivity contribution in [1.82, 2.24) is 4.98 Å². The van der Waals surface area contributed by atoms with Crippen LogP contribution < -0.4 is 0 Å². The van der Waals surface area contributed by atoms with Gasteiger partial charge in [0.1, 0.15) is 5.82 Å². The van der Waals surface area contributed by atoms with E-state index in [1.165, 1.54) is 6.07 Å². The molecule has 0 spiro atoms. The average molecular weight is 319 g/mol. The minimum absolute atomic E-state index is 0.0182. The van der Waals surface area contributed by atoms with Crippen LogP contribution in [0.5, 0.6) is 0 Å². The molecule has 0 saturated carbocycles. The number of halogens is 1. The number of benzene rings is 2. The van der Waals surface area contributed by atoms with Gasteiger partial charge in [-0.2, -0.15) is 0 Å². The van der Waals surface area contributed by atoms with Crippen molar-refractivity contribution >= 4 is 0 Å². The molecule has 122 valence electrons. The number of nitrogens with zero attached hydrogens (tertiary/aromatic N) is 1. The molecule has 0 aliphatic rings. The quantitative estimate of drug-likeness (QED) is 0.596. The van der Waals surface area contributed by atoms with Crippen LogP contribution in [-0.4, -0.2) is 4.98 Å². The maximum atomic E-state index is 13.8. The van der Waals surface area contributed by atoms with Gasteiger partial charge in [0.05, 0.1) is 5.69 Å². The van der Waals surface area contributed by atoms with Crippen molar-refractivity contribution < 1.29 is 4.39 Å². The normalized spacial score (nSPS) is 11.5. The molecule has 3 rings (SSSR count). The Kier molecular flexibility index (Phi) is 4.48. The first-order valence-electron chi connectivity index (χ1n) is 8.24. The van der Waals surface area contributed by atoms with E-state index in [1.54, 1.807) is 6.07 Å². The highest BCUT2D eigenvalue weighted by atomic mass is 19.1. The lowest BCUT2D eigenvalue weighted by Gasteiger charge is -2.19. The van der Waals surface area contributed by atoms with E-state index in [4.69, 9.17) is 4.98 Å². The van der Waals surface area contributed by atoms with E-state index in [9.17, 15) is 4.39 Å². The fourth-order valence-electron chi connectivity index (χ4n) is 2.78. The second-order valence-electron chi connectivity index (χ2n) is 7.12. The smallest absolute Gasteiger partial charge is 0.123 e. The highest BCUT2D eigenvalue weighted by Gasteiger charge is 2.17. The van der Waals surface area contributed by atoms with Crippen LogP contribution in [0.15, 0.2) is 66.7 Å². The molecule has 1 aromatic heterocycles. The predicted molar refractivity (Wildman–Crippen MR) is 97.6 cm³/mol. The van der Waals surface area contributed by atoms with Crippen LogP contribution in [0.4, 0.5) is 4.39 Å². The van der Waals surface area contributed by atoms with Crippen LogP contribution >= 0.6 is 0 Å². The van der Waals surface area contributed by atoms with E-state index in [1.807, 2.05) is 42.5 Å². The minimum atomic E-state index is -0.211. The summed E-state index contributed by atoms with van der Waals surface area (Å²) in [5.41, 5.74) is 5.03. The first-order chi connectivity index (χ1) is 11.4. The third-order valence-corrected chi connectivity index (χ3v) is 4.10. The van der Waals surface area contributed by atoms with Crippen LogP contribution in [0, 0.1) is 5.82 Å². The summed E-state index contributed by atoms with van der Waals surface area (Å²) >= 11 is 0. The zero-order chi connectivity index (χ0) is 17.2. The lowest BCUT2D eigenvalue weighted by atomic mass is 9.90. The van der Waals surface area contributed by atoms with Crippen molar-refractivity contribution in [2.75, 3.05) is 0 Å². The largest absolute Gasteiger partial charge is 0.252 e. The van der Waals surface area contributed by atoms with Gasteiger partial charge in [-0.3, -0.25) is 4.98 Å². The Morgan fingerprint density at radius 1 is 0.875 bits per heavy atom. The van der Waals surface area contributed by atoms with Gasteiger partial charge in [0.25, 0.3) is 0 Å². The third kappa shape index (κ3) is 3.70. The summed E-state index contributed by atoms with van der Waals surface area (Å²) in [7, 11) is 0. The molecule has 0 bridgehead atoms. The zero-order valence-electron chi connectivity index (χ0n) is 14.4. The molecule has 24 heavy (non-hydrogen) atoms. The Hall–Kier alpha value is -2.48. The van der Waals surface area contributed by atoms with E-state index in [0.29, 0.717) is 6.42 Å². The molecule has 0 aliphatic carbocycles. The van der Waals surface area contributed by atoms with Crippen molar-refractivity contribution in [3.8, 4) is 11.3 Å². The van der Waals surface area contributed by atoms with E-state index >= 15 is 0 Å². The van der Waals surface area contributed by atoms with E-state index in [2.05, 4.69) is 32.9 Å². The van der Waals surface area contributed by atoms with Gasteiger partial charge in [0, 0.05) is 16.7 Å². The van der Waals surface area contributed by atoms with Gasteiger partial charge in [-0.25, -0.2) is 4.39 Å². The Labute approximate surface area is 143 Å². The van der Waals surface area contributed by atoms with E-state index < -0.39 is 0 Å². The van der Waals surface area contributed by atoms with Crippen LogP contribution in [0.3, 0.4) is 0 Å². The van der Waals surface area contributed by atoms with Crippen molar-refractivity contribution in [1.29, 1.82) is 0 Å². The molecule has 2 aromatic carbocycles. The molecule has 1 nitrogen and oxygen atoms in total. The summed E-state index contributed by atoms with van der Waals surface area (Å²) in [5.74, 6) is -0.211. The fraction of sp³-hybridized carbons (Fsp3) is 0.227. The monoisotopic (exact) mass is 319 g/mol. The Morgan fingerprint density at radius 3 is 2.33 bits per heavy atom. The fourth-order valence-corrected chi connectivity index (χ4v) is 2.78. The first kappa shape index (κ1) is 16.4. The van der Waals surface area contributed by atoms with Gasteiger partial charge in [0.15, 0.2) is 0 Å². The summed E-state index contributed by atoms with van der Waals surface area (Å²) in [6.07, 6.45) is 0.690. The summed E-state index contributed by atoms with van der Waals surface area (Å²) in [5, 5.41) is 0. The van der Waals surface area contributed by atoms with Crippen LogP contribution in [0.2, 0.25) is 0 Å². The molecular weight excluding hydrogens is 297 g/mol. The van der Waals surface area contributed by atoms with Gasteiger partial charge in [0.2, 0.25) is 0 Å². The maximum absolute atomic E-state index is 13.8. The second kappa shape index (κ2) is 6.56. The Bertz CT molecular complexity index is 832. The highest BCUT2D eigenvalue weighted by Crippen LogP contribution is 2.28. The van der Waals surface area contributed by atoms with Crippen LogP contribution in [0.1, 0.15) is 37.6 Å². The molecule has 0 amide bonds. The molecule has 3 aromatic rings. The van der Waals surface area contributed by atoms with Crippen LogP contribution in [-0.2, 0) is 11.8 Å². The lowest BCUT2D eigenvalue weighted by molar-refractivity contribution is 0.569. The number of pyridine rings is 1. The van der Waals surface area contributed by atoms with Crippen molar-refractivity contribution in [2.45, 2.75) is 32.6 Å². The number of hydrogen-bond donors (Lipinski definition) is 0. The molecule has 0 radical (unpaired) electrons. The lowest BCUT2D eigenvalue weighted by Crippen LogP contribution is -2.13. The Balaban J connectivity index is 2.05. The zero-order valence-corrected chi connectivity index (χ0v) is 14.4. The number of aromatic nitrogens is 1. The van der Waals surface area contributed by atoms with Crippen LogP contribution in [0.25, 0.3) is 11.3 Å².